The van der Waals surface area contributed by atoms with E-state index in [9.17, 15) is 14.4 Å². The van der Waals surface area contributed by atoms with Gasteiger partial charge >= 0.3 is 6.09 Å². The third-order valence-corrected chi connectivity index (χ3v) is 2.39. The van der Waals surface area contributed by atoms with Crippen molar-refractivity contribution in [3.05, 3.63) is 0 Å². The second-order valence-corrected chi connectivity index (χ2v) is 5.03. The van der Waals surface area contributed by atoms with E-state index in [-0.39, 0.29) is 50.2 Å². The number of carbonyl (C=O) groups is 3. The first-order valence-electron chi connectivity index (χ1n) is 6.48. The minimum atomic E-state index is -0.547. The monoisotopic (exact) mass is 306 g/mol. The van der Waals surface area contributed by atoms with E-state index in [1.54, 1.807) is 13.8 Å². The lowest BCUT2D eigenvalue weighted by molar-refractivity contribution is -0.127. The third-order valence-electron chi connectivity index (χ3n) is 2.39. The molecule has 0 aromatic rings. The summed E-state index contributed by atoms with van der Waals surface area (Å²) >= 11 is 0. The zero-order chi connectivity index (χ0) is 15.0. The fourth-order valence-electron chi connectivity index (χ4n) is 1.52. The lowest BCUT2D eigenvalue weighted by atomic mass is 10.0. The van der Waals surface area contributed by atoms with Crippen LogP contribution in [0.3, 0.4) is 0 Å². The molecule has 20 heavy (non-hydrogen) atoms. The summed E-state index contributed by atoms with van der Waals surface area (Å²) in [7, 11) is 0. The molecule has 0 aliphatic carbocycles. The van der Waals surface area contributed by atoms with E-state index >= 15 is 0 Å². The van der Waals surface area contributed by atoms with E-state index in [4.69, 9.17) is 4.74 Å². The first-order valence-corrected chi connectivity index (χ1v) is 6.48. The molecule has 0 heterocycles. The summed E-state index contributed by atoms with van der Waals surface area (Å²) in [4.78, 5) is 34.1. The maximum atomic E-state index is 11.6. The second kappa shape index (κ2) is 10.5. The summed E-state index contributed by atoms with van der Waals surface area (Å²) in [6.07, 6.45) is -0.629. The molecule has 118 valence electrons. The molecule has 0 saturated carbocycles. The van der Waals surface area contributed by atoms with E-state index in [0.717, 1.165) is 0 Å². The molecule has 0 aliphatic heterocycles. The molecule has 0 bridgehead atoms. The minimum Gasteiger partial charge on any atom is -0.447 e. The van der Waals surface area contributed by atoms with Crippen molar-refractivity contribution in [3.63, 3.8) is 0 Å². The number of hydrogen-bond donors (Lipinski definition) is 2. The maximum Gasteiger partial charge on any atom is 0.407 e. The topological polar surface area (TPSA) is 84.5 Å². The van der Waals surface area contributed by atoms with Gasteiger partial charge in [0.05, 0.1) is 12.1 Å². The molecular formula is C13H26N2O4S. The van der Waals surface area contributed by atoms with Crippen LogP contribution in [0.5, 0.6) is 0 Å². The van der Waals surface area contributed by atoms with Gasteiger partial charge in [-0.3, -0.25) is 9.59 Å². The molecule has 0 spiro atoms. The normalized spacial score (nSPS) is 11.6. The number of ether oxygens (including phenoxy) is 1. The molecule has 0 fully saturated rings. The smallest absolute Gasteiger partial charge is 0.407 e. The molecule has 2 amide bonds. The SMILES string of the molecule is CC(=O)C(NC(=O)CCNC(=O)OC(C)C)C(C)C.S. The van der Waals surface area contributed by atoms with Crippen LogP contribution >= 0.6 is 13.5 Å². The van der Waals surface area contributed by atoms with Crippen molar-refractivity contribution in [1.82, 2.24) is 10.6 Å². The Kier molecular flexibility index (Phi) is 11.1. The highest BCUT2D eigenvalue weighted by Crippen LogP contribution is 2.02. The molecule has 0 radical (unpaired) electrons. The Bertz CT molecular complexity index is 332. The standard InChI is InChI=1S/C13H24N2O4.H2S/c1-8(2)12(10(5)16)15-11(17)6-7-14-13(18)19-9(3)4;/h8-9,12H,6-7H2,1-5H3,(H,14,18)(H,15,17);1H2. The Morgan fingerprint density at radius 1 is 1.10 bits per heavy atom. The van der Waals surface area contributed by atoms with Crippen LogP contribution in [-0.4, -0.2) is 36.5 Å². The molecular weight excluding hydrogens is 280 g/mol. The van der Waals surface area contributed by atoms with Crippen LogP contribution in [0.1, 0.15) is 41.0 Å². The number of carbonyl (C=O) groups excluding carboxylic acids is 3. The van der Waals surface area contributed by atoms with E-state index in [2.05, 4.69) is 10.6 Å². The van der Waals surface area contributed by atoms with Gasteiger partial charge in [0, 0.05) is 13.0 Å². The van der Waals surface area contributed by atoms with Crippen LogP contribution in [0.2, 0.25) is 0 Å². The molecule has 6 nitrogen and oxygen atoms in total. The van der Waals surface area contributed by atoms with E-state index in [1.165, 1.54) is 6.92 Å². The number of alkyl carbamates (subject to hydrolysis) is 1. The Balaban J connectivity index is 0. The van der Waals surface area contributed by atoms with Gasteiger partial charge in [0.2, 0.25) is 5.91 Å². The van der Waals surface area contributed by atoms with Crippen molar-refractivity contribution in [3.8, 4) is 0 Å². The van der Waals surface area contributed by atoms with Gasteiger partial charge < -0.3 is 15.4 Å². The highest BCUT2D eigenvalue weighted by Gasteiger charge is 2.20. The number of amides is 2. The molecule has 0 aromatic carbocycles. The summed E-state index contributed by atoms with van der Waals surface area (Å²) in [6, 6.07) is -0.477. The maximum absolute atomic E-state index is 11.6. The minimum absolute atomic E-state index is 0. The van der Waals surface area contributed by atoms with E-state index in [1.807, 2.05) is 13.8 Å². The van der Waals surface area contributed by atoms with Crippen LogP contribution in [0.15, 0.2) is 0 Å². The molecule has 0 saturated heterocycles. The summed E-state index contributed by atoms with van der Waals surface area (Å²) in [6.45, 7) is 8.84. The predicted molar refractivity (Wildman–Crippen MR) is 82.1 cm³/mol. The van der Waals surface area contributed by atoms with Crippen molar-refractivity contribution < 1.29 is 19.1 Å². The Morgan fingerprint density at radius 2 is 1.65 bits per heavy atom. The molecule has 1 atom stereocenters. The third kappa shape index (κ3) is 9.66. The van der Waals surface area contributed by atoms with Crippen LogP contribution in [-0.2, 0) is 14.3 Å². The van der Waals surface area contributed by atoms with Crippen molar-refractivity contribution in [2.45, 2.75) is 53.2 Å². The van der Waals surface area contributed by atoms with E-state index < -0.39 is 12.1 Å². The zero-order valence-electron chi connectivity index (χ0n) is 12.8. The summed E-state index contributed by atoms with van der Waals surface area (Å²) in [5.41, 5.74) is 0. The lowest BCUT2D eigenvalue weighted by Crippen LogP contribution is -2.44. The number of rotatable bonds is 7. The lowest BCUT2D eigenvalue weighted by Gasteiger charge is -2.19. The summed E-state index contributed by atoms with van der Waals surface area (Å²) in [5, 5.41) is 5.12. The number of ketones is 1. The van der Waals surface area contributed by atoms with Gasteiger partial charge in [-0.2, -0.15) is 13.5 Å². The molecule has 0 aliphatic rings. The molecule has 0 rings (SSSR count). The molecule has 7 heteroatoms. The van der Waals surface area contributed by atoms with Crippen LogP contribution in [0.4, 0.5) is 4.79 Å². The van der Waals surface area contributed by atoms with Gasteiger partial charge in [0.25, 0.3) is 0 Å². The van der Waals surface area contributed by atoms with Gasteiger partial charge in [0.1, 0.15) is 0 Å². The average molecular weight is 306 g/mol. The van der Waals surface area contributed by atoms with Gasteiger partial charge in [0.15, 0.2) is 5.78 Å². The van der Waals surface area contributed by atoms with Gasteiger partial charge in [-0.1, -0.05) is 13.8 Å². The van der Waals surface area contributed by atoms with Crippen molar-refractivity contribution in [2.75, 3.05) is 6.54 Å². The second-order valence-electron chi connectivity index (χ2n) is 5.03. The van der Waals surface area contributed by atoms with Crippen LogP contribution in [0.25, 0.3) is 0 Å². The molecule has 2 N–H and O–H groups in total. The Labute approximate surface area is 127 Å². The highest BCUT2D eigenvalue weighted by atomic mass is 32.1. The summed E-state index contributed by atoms with van der Waals surface area (Å²) < 4.78 is 4.85. The molecule has 0 aromatic heterocycles. The first-order chi connectivity index (χ1) is 8.73. The van der Waals surface area contributed by atoms with Crippen molar-refractivity contribution >= 4 is 31.3 Å². The number of nitrogens with one attached hydrogen (secondary N) is 2. The fourth-order valence-corrected chi connectivity index (χ4v) is 1.52. The van der Waals surface area contributed by atoms with Crippen LogP contribution < -0.4 is 10.6 Å². The Hall–Kier alpha value is -1.24. The van der Waals surface area contributed by atoms with Crippen molar-refractivity contribution in [2.24, 2.45) is 5.92 Å². The molecule has 1 unspecified atom stereocenters. The van der Waals surface area contributed by atoms with Crippen molar-refractivity contribution in [1.29, 1.82) is 0 Å². The quantitative estimate of drug-likeness (QED) is 0.743. The predicted octanol–water partition coefficient (Wildman–Crippen LogP) is 1.35. The fraction of sp³-hybridized carbons (Fsp3) is 0.769. The van der Waals surface area contributed by atoms with E-state index in [0.29, 0.717) is 0 Å². The first kappa shape index (κ1) is 21.1. The van der Waals surface area contributed by atoms with Gasteiger partial charge in [-0.15, -0.1) is 0 Å². The highest BCUT2D eigenvalue weighted by molar-refractivity contribution is 7.59. The average Bonchev–Trinajstić information content (AvgIpc) is 2.23. The van der Waals surface area contributed by atoms with Crippen LogP contribution in [0, 0.1) is 5.92 Å². The van der Waals surface area contributed by atoms with Gasteiger partial charge in [-0.25, -0.2) is 4.79 Å². The largest absolute Gasteiger partial charge is 0.447 e. The van der Waals surface area contributed by atoms with Gasteiger partial charge in [-0.05, 0) is 26.7 Å². The zero-order valence-corrected chi connectivity index (χ0v) is 13.8. The summed E-state index contributed by atoms with van der Waals surface area (Å²) in [5.74, 6) is -0.297. The number of Topliss-reactive ketones (excluding diaryl/α,β-unsaturated/α-hetero) is 1. The Morgan fingerprint density at radius 3 is 2.05 bits per heavy atom. The number of hydrogen-bond acceptors (Lipinski definition) is 4.